The van der Waals surface area contributed by atoms with E-state index in [1.165, 1.54) is 37.8 Å². The molecule has 2 aromatic heterocycles. The molecule has 0 saturated carbocycles. The van der Waals surface area contributed by atoms with Gasteiger partial charge in [-0.2, -0.15) is 19.0 Å². The fourth-order valence-electron chi connectivity index (χ4n) is 4.33. The Morgan fingerprint density at radius 1 is 1.20 bits per heavy atom. The predicted molar refractivity (Wildman–Crippen MR) is 164 cm³/mol. The van der Waals surface area contributed by atoms with E-state index in [1.54, 1.807) is 37.3 Å². The lowest BCUT2D eigenvalue weighted by Gasteiger charge is -2.32. The number of hydrogen-bond donors (Lipinski definition) is 5. The predicted octanol–water partition coefficient (Wildman–Crippen LogP) is 3.37. The average molecular weight is 660 g/mol. The molecule has 1 atom stereocenters. The number of hydrogen-bond acceptors (Lipinski definition) is 9. The quantitative estimate of drug-likeness (QED) is 0.112. The van der Waals surface area contributed by atoms with Gasteiger partial charge < -0.3 is 26.0 Å². The molecule has 0 saturated heterocycles. The first-order valence-corrected chi connectivity index (χ1v) is 14.3. The minimum atomic E-state index is -2.80. The van der Waals surface area contributed by atoms with Gasteiger partial charge in [0.2, 0.25) is 0 Å². The largest absolute Gasteiger partial charge is 0.447 e. The second kappa shape index (κ2) is 14.9. The Morgan fingerprint density at radius 3 is 2.50 bits per heavy atom. The number of H-pyrrole nitrogens is 1. The van der Waals surface area contributed by atoms with Crippen LogP contribution in [0.3, 0.4) is 0 Å². The van der Waals surface area contributed by atoms with Crippen molar-refractivity contribution in [3.63, 3.8) is 0 Å². The zero-order valence-corrected chi connectivity index (χ0v) is 25.5. The Kier molecular flexibility index (Phi) is 11.0. The summed E-state index contributed by atoms with van der Waals surface area (Å²) >= 11 is 6.45. The molecule has 0 unspecified atom stereocenters. The van der Waals surface area contributed by atoms with Gasteiger partial charge in [-0.1, -0.05) is 29.8 Å². The summed E-state index contributed by atoms with van der Waals surface area (Å²) in [6.45, 7) is -1.04. The Hall–Kier alpha value is -4.93. The minimum Gasteiger partial charge on any atom is -0.447 e. The van der Waals surface area contributed by atoms with Crippen LogP contribution in [0.2, 0.25) is 5.02 Å². The average Bonchev–Trinajstić information content (AvgIpc) is 3.77. The van der Waals surface area contributed by atoms with Crippen molar-refractivity contribution in [1.82, 2.24) is 35.2 Å². The molecule has 46 heavy (non-hydrogen) atoms. The number of halogens is 3. The molecule has 2 amide bonds. The molecule has 2 heterocycles. The van der Waals surface area contributed by atoms with Gasteiger partial charge in [0.15, 0.2) is 11.8 Å². The standard InChI is InChI=1S/C29H32ClF2N9O5/c1-3-34-27(33)41(25(44)18-6-4-17(5-7-18)20-11-37-40(12-20)26(31)32)23(13-46-28(45)38-29(2,14-42)15-43)19-8-9-22(30)21(10-19)24-35-16-36-39-24/h4-12,16,23,26,42-43H,3,13-15H2,1-2H3,(H2,33,34)(H,38,45)(H,35,36,39)/t23-/m1/s1. The zero-order chi connectivity index (χ0) is 33.4. The lowest BCUT2D eigenvalue weighted by atomic mass is 10.0. The van der Waals surface area contributed by atoms with E-state index in [2.05, 4.69) is 30.6 Å². The van der Waals surface area contributed by atoms with Gasteiger partial charge in [-0.3, -0.25) is 19.8 Å². The van der Waals surface area contributed by atoms with Crippen molar-refractivity contribution in [2.45, 2.75) is 32.0 Å². The normalized spacial score (nSPS) is 12.7. The maximum atomic E-state index is 14.1. The number of aliphatic hydroxyl groups is 2. The minimum absolute atomic E-state index is 0.159. The Morgan fingerprint density at radius 2 is 1.91 bits per heavy atom. The van der Waals surface area contributed by atoms with E-state index in [0.29, 0.717) is 37.8 Å². The summed E-state index contributed by atoms with van der Waals surface area (Å²) < 4.78 is 32.1. The number of alkyl halides is 2. The number of alkyl carbamates (subject to hydrolysis) is 1. The molecule has 0 aliphatic heterocycles. The summed E-state index contributed by atoms with van der Waals surface area (Å²) in [4.78, 5) is 36.5. The molecule has 0 aliphatic carbocycles. The molecular formula is C29H32ClF2N9O5. The number of carbonyl (C=O) groups is 2. The number of nitrogens with two attached hydrogens (primary N) is 1. The lowest BCUT2D eigenvalue weighted by Crippen LogP contribution is -2.52. The molecule has 0 spiro atoms. The number of aromatic amines is 1. The van der Waals surface area contributed by atoms with Crippen LogP contribution in [0.1, 0.15) is 42.4 Å². The molecule has 4 rings (SSSR count). The maximum Gasteiger partial charge on any atom is 0.407 e. The zero-order valence-electron chi connectivity index (χ0n) is 24.8. The van der Waals surface area contributed by atoms with Crippen LogP contribution in [0.4, 0.5) is 13.6 Å². The number of aromatic nitrogens is 5. The van der Waals surface area contributed by atoms with Gasteiger partial charge >= 0.3 is 12.6 Å². The van der Waals surface area contributed by atoms with Crippen LogP contribution in [0.15, 0.2) is 66.2 Å². The number of rotatable bonds is 12. The molecule has 0 fully saturated rings. The number of guanidine groups is 1. The van der Waals surface area contributed by atoms with Crippen molar-refractivity contribution in [1.29, 1.82) is 0 Å². The van der Waals surface area contributed by atoms with E-state index in [1.807, 2.05) is 0 Å². The van der Waals surface area contributed by atoms with Gasteiger partial charge in [0.05, 0.1) is 36.0 Å². The molecule has 2 aromatic carbocycles. The van der Waals surface area contributed by atoms with Gasteiger partial charge in [0.1, 0.15) is 12.9 Å². The highest BCUT2D eigenvalue weighted by atomic mass is 35.5. The van der Waals surface area contributed by atoms with Crippen LogP contribution in [0, 0.1) is 0 Å². The Bertz CT molecular complexity index is 1660. The highest BCUT2D eigenvalue weighted by molar-refractivity contribution is 6.33. The third kappa shape index (κ3) is 7.82. The number of nitrogens with zero attached hydrogens (tertiary/aromatic N) is 6. The van der Waals surface area contributed by atoms with Crippen LogP contribution >= 0.6 is 11.6 Å². The van der Waals surface area contributed by atoms with E-state index in [9.17, 15) is 28.6 Å². The van der Waals surface area contributed by atoms with E-state index < -0.39 is 50.0 Å². The van der Waals surface area contributed by atoms with Crippen LogP contribution in [-0.4, -0.2) is 89.9 Å². The van der Waals surface area contributed by atoms with Crippen LogP contribution in [0.25, 0.3) is 22.5 Å². The third-order valence-corrected chi connectivity index (χ3v) is 7.21. The summed E-state index contributed by atoms with van der Waals surface area (Å²) in [6, 6.07) is 9.85. The van der Waals surface area contributed by atoms with Crippen molar-refractivity contribution in [2.24, 2.45) is 10.7 Å². The summed E-state index contributed by atoms with van der Waals surface area (Å²) in [5, 5.41) is 32.1. The van der Waals surface area contributed by atoms with Crippen LogP contribution in [-0.2, 0) is 4.74 Å². The first-order valence-electron chi connectivity index (χ1n) is 13.9. The van der Waals surface area contributed by atoms with Crippen molar-refractivity contribution >= 4 is 29.6 Å². The number of aliphatic hydroxyl groups excluding tert-OH is 2. The maximum absolute atomic E-state index is 14.1. The summed E-state index contributed by atoms with van der Waals surface area (Å²) in [5.74, 6) is -0.467. The van der Waals surface area contributed by atoms with E-state index in [0.717, 1.165) is 4.90 Å². The van der Waals surface area contributed by atoms with Gasteiger partial charge in [0.25, 0.3) is 5.91 Å². The molecule has 0 aliphatic rings. The third-order valence-electron chi connectivity index (χ3n) is 6.88. The fraction of sp³-hybridized carbons (Fsp3) is 0.310. The van der Waals surface area contributed by atoms with Crippen LogP contribution in [0.5, 0.6) is 0 Å². The molecule has 14 nitrogen and oxygen atoms in total. The monoisotopic (exact) mass is 659 g/mol. The number of carbonyl (C=O) groups excluding carboxylic acids is 2. The van der Waals surface area contributed by atoms with E-state index in [4.69, 9.17) is 22.1 Å². The lowest BCUT2D eigenvalue weighted by molar-refractivity contribution is 0.0566. The van der Waals surface area contributed by atoms with Gasteiger partial charge in [0, 0.05) is 29.4 Å². The van der Waals surface area contributed by atoms with Gasteiger partial charge in [-0.25, -0.2) is 14.5 Å². The van der Waals surface area contributed by atoms with Crippen molar-refractivity contribution in [3.05, 3.63) is 77.3 Å². The topological polar surface area (TPSA) is 197 Å². The van der Waals surface area contributed by atoms with Gasteiger partial charge in [-0.15, -0.1) is 0 Å². The number of nitrogens with one attached hydrogen (secondary N) is 2. The molecule has 6 N–H and O–H groups in total. The number of aliphatic imine (C=N–C) groups is 1. The molecular weight excluding hydrogens is 628 g/mol. The number of ether oxygens (including phenoxy) is 1. The highest BCUT2D eigenvalue weighted by Crippen LogP contribution is 2.32. The summed E-state index contributed by atoms with van der Waals surface area (Å²) in [7, 11) is 0. The summed E-state index contributed by atoms with van der Waals surface area (Å²) in [5.41, 5.74) is 6.96. The molecule has 4 aromatic rings. The van der Waals surface area contributed by atoms with Crippen molar-refractivity contribution in [2.75, 3.05) is 26.4 Å². The van der Waals surface area contributed by atoms with Crippen molar-refractivity contribution in [3.8, 4) is 22.5 Å². The fourth-order valence-corrected chi connectivity index (χ4v) is 4.54. The first kappa shape index (κ1) is 34.0. The molecule has 0 bridgehead atoms. The first-order chi connectivity index (χ1) is 22.0. The Labute approximate surface area is 266 Å². The number of amides is 2. The second-order valence-electron chi connectivity index (χ2n) is 10.3. The van der Waals surface area contributed by atoms with E-state index in [-0.39, 0.29) is 18.1 Å². The van der Waals surface area contributed by atoms with Crippen LogP contribution < -0.4 is 11.1 Å². The van der Waals surface area contributed by atoms with E-state index >= 15 is 0 Å². The SMILES string of the molecule is CCN=C(N)N(C(=O)c1ccc(-c2cnn(C(F)F)c2)cc1)[C@H](COC(=O)NC(C)(CO)CO)c1ccc(Cl)c(-c2ncn[nH]2)c1. The number of benzene rings is 2. The smallest absolute Gasteiger partial charge is 0.407 e. The molecule has 244 valence electrons. The molecule has 0 radical (unpaired) electrons. The van der Waals surface area contributed by atoms with Crippen molar-refractivity contribution < 1.29 is 33.3 Å². The Balaban J connectivity index is 1.74. The molecule has 17 heteroatoms. The second-order valence-corrected chi connectivity index (χ2v) is 10.7. The van der Waals surface area contributed by atoms with Gasteiger partial charge in [-0.05, 0) is 49.2 Å². The highest BCUT2D eigenvalue weighted by Gasteiger charge is 2.33. The summed E-state index contributed by atoms with van der Waals surface area (Å²) in [6.07, 6.45) is 2.79.